The number of hydrogen-bond donors (Lipinski definition) is 3. The van der Waals surface area contributed by atoms with Crippen LogP contribution < -0.4 is 5.32 Å². The first kappa shape index (κ1) is 13.2. The molecule has 4 heteroatoms. The summed E-state index contributed by atoms with van der Waals surface area (Å²) in [6, 6.07) is 15.5. The Balaban J connectivity index is 1.83. The molecule has 0 aliphatic heterocycles. The number of phenolic OH excluding ortho intramolecular Hbond substituents is 1. The van der Waals surface area contributed by atoms with Gasteiger partial charge in [0.05, 0.1) is 5.69 Å². The second-order valence-corrected chi connectivity index (χ2v) is 5.16. The van der Waals surface area contributed by atoms with Gasteiger partial charge >= 0.3 is 0 Å². The summed E-state index contributed by atoms with van der Waals surface area (Å²) in [7, 11) is 0. The molecule has 106 valence electrons. The molecule has 0 atom stereocenters. The van der Waals surface area contributed by atoms with E-state index >= 15 is 0 Å². The van der Waals surface area contributed by atoms with E-state index in [1.54, 1.807) is 12.1 Å². The molecule has 0 bridgehead atoms. The number of nitrogens with zero attached hydrogens (tertiary/aromatic N) is 1. The Bertz CT molecular complexity index is 760. The van der Waals surface area contributed by atoms with E-state index in [4.69, 9.17) is 0 Å². The van der Waals surface area contributed by atoms with Crippen molar-refractivity contribution in [3.05, 3.63) is 59.7 Å². The number of aryl methyl sites for hydroxylation is 2. The molecule has 0 radical (unpaired) electrons. The Labute approximate surface area is 123 Å². The van der Waals surface area contributed by atoms with Gasteiger partial charge in [0.1, 0.15) is 5.75 Å². The van der Waals surface area contributed by atoms with Crippen molar-refractivity contribution in [3.8, 4) is 17.0 Å². The summed E-state index contributed by atoms with van der Waals surface area (Å²) < 4.78 is 0. The Kier molecular flexibility index (Phi) is 3.36. The van der Waals surface area contributed by atoms with Gasteiger partial charge in [-0.25, -0.2) is 0 Å². The summed E-state index contributed by atoms with van der Waals surface area (Å²) in [5.74, 6) is 1.01. The van der Waals surface area contributed by atoms with Crippen molar-refractivity contribution < 1.29 is 5.11 Å². The monoisotopic (exact) mass is 279 g/mol. The minimum absolute atomic E-state index is 0.264. The predicted octanol–water partition coefficient (Wildman–Crippen LogP) is 4.14. The number of H-pyrrole nitrogens is 1. The highest BCUT2D eigenvalue weighted by Crippen LogP contribution is 2.25. The fourth-order valence-corrected chi connectivity index (χ4v) is 2.19. The average molecular weight is 279 g/mol. The maximum Gasteiger partial charge on any atom is 0.152 e. The van der Waals surface area contributed by atoms with Gasteiger partial charge in [-0.3, -0.25) is 5.10 Å². The van der Waals surface area contributed by atoms with Crippen molar-refractivity contribution >= 4 is 11.5 Å². The molecule has 1 aromatic heterocycles. The molecule has 2 aromatic carbocycles. The van der Waals surface area contributed by atoms with Crippen LogP contribution in [0.1, 0.15) is 11.1 Å². The van der Waals surface area contributed by atoms with E-state index < -0.39 is 0 Å². The van der Waals surface area contributed by atoms with Gasteiger partial charge in [0, 0.05) is 11.8 Å². The molecule has 0 amide bonds. The number of nitrogens with one attached hydrogen (secondary N) is 2. The summed E-state index contributed by atoms with van der Waals surface area (Å²) in [5, 5.41) is 20.0. The number of hydrogen-bond acceptors (Lipinski definition) is 3. The maximum absolute atomic E-state index is 9.43. The summed E-state index contributed by atoms with van der Waals surface area (Å²) in [4.78, 5) is 0. The Morgan fingerprint density at radius 2 is 1.76 bits per heavy atom. The third-order valence-electron chi connectivity index (χ3n) is 3.41. The van der Waals surface area contributed by atoms with E-state index in [9.17, 15) is 5.11 Å². The second kappa shape index (κ2) is 5.32. The lowest BCUT2D eigenvalue weighted by Crippen LogP contribution is -1.92. The van der Waals surface area contributed by atoms with Gasteiger partial charge in [0.2, 0.25) is 0 Å². The number of aromatic nitrogens is 2. The van der Waals surface area contributed by atoms with Crippen molar-refractivity contribution in [2.45, 2.75) is 13.8 Å². The van der Waals surface area contributed by atoms with Gasteiger partial charge in [0.25, 0.3) is 0 Å². The smallest absolute Gasteiger partial charge is 0.152 e. The molecule has 0 unspecified atom stereocenters. The van der Waals surface area contributed by atoms with E-state index in [0.29, 0.717) is 0 Å². The largest absolute Gasteiger partial charge is 0.508 e. The van der Waals surface area contributed by atoms with Crippen LogP contribution >= 0.6 is 0 Å². The number of anilines is 2. The van der Waals surface area contributed by atoms with Gasteiger partial charge < -0.3 is 10.4 Å². The second-order valence-electron chi connectivity index (χ2n) is 5.16. The van der Waals surface area contributed by atoms with Crippen LogP contribution in [0.15, 0.2) is 48.5 Å². The van der Waals surface area contributed by atoms with Gasteiger partial charge in [0.15, 0.2) is 5.82 Å². The lowest BCUT2D eigenvalue weighted by molar-refractivity contribution is 0.475. The fourth-order valence-electron chi connectivity index (χ4n) is 2.19. The minimum atomic E-state index is 0.264. The zero-order valence-electron chi connectivity index (χ0n) is 12.0. The number of aromatic hydroxyl groups is 1. The quantitative estimate of drug-likeness (QED) is 0.631. The molecular formula is C17H17N3O. The Hall–Kier alpha value is -2.75. The van der Waals surface area contributed by atoms with Crippen LogP contribution in [0.5, 0.6) is 5.75 Å². The Morgan fingerprint density at radius 3 is 2.48 bits per heavy atom. The van der Waals surface area contributed by atoms with Gasteiger partial charge in [-0.1, -0.05) is 29.8 Å². The first-order chi connectivity index (χ1) is 10.1. The highest BCUT2D eigenvalue weighted by Gasteiger charge is 2.05. The van der Waals surface area contributed by atoms with Crippen LogP contribution in [0.3, 0.4) is 0 Å². The molecule has 3 aromatic rings. The summed E-state index contributed by atoms with van der Waals surface area (Å²) in [5.41, 5.74) is 5.19. The molecular weight excluding hydrogens is 262 g/mol. The Morgan fingerprint density at radius 1 is 1.00 bits per heavy atom. The van der Waals surface area contributed by atoms with E-state index in [-0.39, 0.29) is 5.75 Å². The molecule has 21 heavy (non-hydrogen) atoms. The lowest BCUT2D eigenvalue weighted by atomic mass is 10.1. The number of aromatic amines is 1. The maximum atomic E-state index is 9.43. The van der Waals surface area contributed by atoms with Crippen molar-refractivity contribution in [2.24, 2.45) is 0 Å². The third-order valence-corrected chi connectivity index (χ3v) is 3.41. The predicted molar refractivity (Wildman–Crippen MR) is 84.9 cm³/mol. The van der Waals surface area contributed by atoms with E-state index in [0.717, 1.165) is 28.3 Å². The van der Waals surface area contributed by atoms with Gasteiger partial charge in [-0.05, 0) is 43.2 Å². The highest BCUT2D eigenvalue weighted by molar-refractivity contribution is 5.67. The van der Waals surface area contributed by atoms with Gasteiger partial charge in [-0.2, -0.15) is 5.10 Å². The normalized spacial score (nSPS) is 10.6. The van der Waals surface area contributed by atoms with Crippen molar-refractivity contribution in [1.82, 2.24) is 10.2 Å². The summed E-state index contributed by atoms with van der Waals surface area (Å²) in [6.45, 7) is 4.01. The zero-order chi connectivity index (χ0) is 14.8. The molecule has 4 nitrogen and oxygen atoms in total. The fraction of sp³-hybridized carbons (Fsp3) is 0.118. The first-order valence-electron chi connectivity index (χ1n) is 6.81. The molecule has 1 heterocycles. The van der Waals surface area contributed by atoms with E-state index in [1.807, 2.05) is 19.1 Å². The molecule has 3 N–H and O–H groups in total. The van der Waals surface area contributed by atoms with Crippen molar-refractivity contribution in [1.29, 1.82) is 0 Å². The standard InChI is InChI=1S/C17H17N3O/c1-11-3-5-13(6-4-11)16-10-17(20-19-16)18-15-8-7-14(21)9-12(15)2/h3-10,21H,1-2H3,(H2,18,19,20). The molecule has 0 aliphatic rings. The van der Waals surface area contributed by atoms with Crippen LogP contribution in [0.25, 0.3) is 11.3 Å². The van der Waals surface area contributed by atoms with Crippen LogP contribution in [0, 0.1) is 13.8 Å². The van der Waals surface area contributed by atoms with Crippen molar-refractivity contribution in [2.75, 3.05) is 5.32 Å². The zero-order valence-corrected chi connectivity index (χ0v) is 12.0. The average Bonchev–Trinajstić information content (AvgIpc) is 2.91. The molecule has 0 spiro atoms. The van der Waals surface area contributed by atoms with E-state index in [2.05, 4.69) is 46.7 Å². The van der Waals surface area contributed by atoms with Crippen molar-refractivity contribution in [3.63, 3.8) is 0 Å². The first-order valence-corrected chi connectivity index (χ1v) is 6.81. The van der Waals surface area contributed by atoms with E-state index in [1.165, 1.54) is 5.56 Å². The van der Waals surface area contributed by atoms with Crippen LogP contribution in [0.2, 0.25) is 0 Å². The number of phenols is 1. The highest BCUT2D eigenvalue weighted by atomic mass is 16.3. The number of benzene rings is 2. The number of rotatable bonds is 3. The molecule has 0 aliphatic carbocycles. The van der Waals surface area contributed by atoms with Crippen LogP contribution in [-0.4, -0.2) is 15.3 Å². The minimum Gasteiger partial charge on any atom is -0.508 e. The SMILES string of the molecule is Cc1ccc(-c2cc(Nc3ccc(O)cc3C)n[nH]2)cc1. The molecule has 0 saturated carbocycles. The molecule has 0 fully saturated rings. The summed E-state index contributed by atoms with van der Waals surface area (Å²) >= 11 is 0. The topological polar surface area (TPSA) is 60.9 Å². The van der Waals surface area contributed by atoms with Crippen LogP contribution in [0.4, 0.5) is 11.5 Å². The lowest BCUT2D eigenvalue weighted by Gasteiger charge is -2.06. The molecule has 3 rings (SSSR count). The third kappa shape index (κ3) is 2.89. The van der Waals surface area contributed by atoms with Crippen LogP contribution in [-0.2, 0) is 0 Å². The van der Waals surface area contributed by atoms with Gasteiger partial charge in [-0.15, -0.1) is 0 Å². The molecule has 0 saturated heterocycles. The summed E-state index contributed by atoms with van der Waals surface area (Å²) in [6.07, 6.45) is 0.